The highest BCUT2D eigenvalue weighted by Crippen LogP contribution is 2.35. The van der Waals surface area contributed by atoms with Gasteiger partial charge in [-0.2, -0.15) is 0 Å². The summed E-state index contributed by atoms with van der Waals surface area (Å²) in [6.07, 6.45) is 2.16. The van der Waals surface area contributed by atoms with E-state index in [0.29, 0.717) is 11.1 Å². The third kappa shape index (κ3) is 1.93. The summed E-state index contributed by atoms with van der Waals surface area (Å²) in [5.74, 6) is -2.06. The van der Waals surface area contributed by atoms with Crippen LogP contribution in [0.5, 0.6) is 5.75 Å². The third-order valence-corrected chi connectivity index (χ3v) is 2.48. The molecule has 1 aromatic rings. The van der Waals surface area contributed by atoms with E-state index in [2.05, 4.69) is 0 Å². The van der Waals surface area contributed by atoms with Crippen molar-refractivity contribution in [2.45, 2.75) is 12.2 Å². The lowest BCUT2D eigenvalue weighted by molar-refractivity contribution is -0.113. The van der Waals surface area contributed by atoms with Gasteiger partial charge in [-0.15, -0.1) is 0 Å². The maximum absolute atomic E-state index is 9.64. The minimum Gasteiger partial charge on any atom is -0.508 e. The molecule has 0 heterocycles. The molecule has 0 atom stereocenters. The number of aliphatic hydroxyl groups is 3. The van der Waals surface area contributed by atoms with Crippen LogP contribution >= 0.6 is 0 Å². The molecule has 1 aliphatic carbocycles. The lowest BCUT2D eigenvalue weighted by Gasteiger charge is -2.24. The molecule has 2 rings (SSSR count). The van der Waals surface area contributed by atoms with Crippen molar-refractivity contribution < 1.29 is 20.4 Å². The molecule has 84 valence electrons. The van der Waals surface area contributed by atoms with Gasteiger partial charge in [-0.1, -0.05) is 18.2 Å². The Labute approximate surface area is 92.4 Å². The van der Waals surface area contributed by atoms with Gasteiger partial charge in [0.15, 0.2) is 5.79 Å². The Kier molecular flexibility index (Phi) is 2.46. The maximum Gasteiger partial charge on any atom is 0.187 e. The van der Waals surface area contributed by atoms with Crippen LogP contribution in [0.3, 0.4) is 0 Å². The first-order valence-corrected chi connectivity index (χ1v) is 4.84. The first-order valence-electron chi connectivity index (χ1n) is 4.84. The molecule has 4 N–H and O–H groups in total. The average Bonchev–Trinajstić information content (AvgIpc) is 2.23. The molecular formula is C12H12O4. The Morgan fingerprint density at radius 3 is 2.44 bits per heavy atom. The predicted molar refractivity (Wildman–Crippen MR) is 58.6 cm³/mol. The van der Waals surface area contributed by atoms with E-state index >= 15 is 0 Å². The fourth-order valence-electron chi connectivity index (χ4n) is 1.68. The molecule has 4 heteroatoms. The van der Waals surface area contributed by atoms with Crippen LogP contribution in [0.1, 0.15) is 12.0 Å². The van der Waals surface area contributed by atoms with Crippen LogP contribution in [0, 0.1) is 0 Å². The number of para-hydroxylation sites is 1. The second-order valence-electron chi connectivity index (χ2n) is 3.77. The molecule has 0 aromatic heterocycles. The largest absolute Gasteiger partial charge is 0.508 e. The van der Waals surface area contributed by atoms with Gasteiger partial charge in [0, 0.05) is 17.6 Å². The van der Waals surface area contributed by atoms with Gasteiger partial charge >= 0.3 is 0 Å². The number of aliphatic hydroxyl groups excluding tert-OH is 1. The summed E-state index contributed by atoms with van der Waals surface area (Å²) >= 11 is 0. The summed E-state index contributed by atoms with van der Waals surface area (Å²) in [7, 11) is 0. The van der Waals surface area contributed by atoms with Gasteiger partial charge in [-0.05, 0) is 18.2 Å². The second-order valence-corrected chi connectivity index (χ2v) is 3.77. The van der Waals surface area contributed by atoms with Crippen LogP contribution in [-0.4, -0.2) is 26.2 Å². The van der Waals surface area contributed by atoms with Crippen LogP contribution in [0.25, 0.3) is 5.57 Å². The normalized spacial score (nSPS) is 18.9. The van der Waals surface area contributed by atoms with Crippen molar-refractivity contribution in [2.75, 3.05) is 0 Å². The molecule has 0 saturated carbocycles. The maximum atomic E-state index is 9.64. The molecule has 0 saturated heterocycles. The molecule has 4 nitrogen and oxygen atoms in total. The molecule has 16 heavy (non-hydrogen) atoms. The van der Waals surface area contributed by atoms with Crippen LogP contribution in [-0.2, 0) is 0 Å². The monoisotopic (exact) mass is 220 g/mol. The summed E-state index contributed by atoms with van der Waals surface area (Å²) < 4.78 is 0. The van der Waals surface area contributed by atoms with E-state index in [0.717, 1.165) is 6.08 Å². The number of aromatic hydroxyl groups is 1. The van der Waals surface area contributed by atoms with Gasteiger partial charge < -0.3 is 20.4 Å². The van der Waals surface area contributed by atoms with Gasteiger partial charge in [-0.3, -0.25) is 0 Å². The molecular weight excluding hydrogens is 208 g/mol. The molecule has 0 aliphatic heterocycles. The Morgan fingerprint density at radius 2 is 1.75 bits per heavy atom. The number of hydrogen-bond acceptors (Lipinski definition) is 4. The number of rotatable bonds is 1. The quantitative estimate of drug-likeness (QED) is 0.538. The summed E-state index contributed by atoms with van der Waals surface area (Å²) in [6.45, 7) is 0. The third-order valence-electron chi connectivity index (χ3n) is 2.48. The molecule has 0 amide bonds. The van der Waals surface area contributed by atoms with E-state index in [9.17, 15) is 20.4 Å². The Bertz CT molecular complexity index is 472. The second kappa shape index (κ2) is 3.66. The van der Waals surface area contributed by atoms with Crippen molar-refractivity contribution >= 4 is 5.57 Å². The van der Waals surface area contributed by atoms with Crippen LogP contribution in [0.15, 0.2) is 42.2 Å². The van der Waals surface area contributed by atoms with E-state index in [1.165, 1.54) is 12.1 Å². The first-order chi connectivity index (χ1) is 7.49. The first kappa shape index (κ1) is 10.7. The zero-order valence-electron chi connectivity index (χ0n) is 8.46. The fourth-order valence-corrected chi connectivity index (χ4v) is 1.68. The van der Waals surface area contributed by atoms with E-state index in [4.69, 9.17) is 0 Å². The summed E-state index contributed by atoms with van der Waals surface area (Å²) in [6, 6.07) is 6.44. The van der Waals surface area contributed by atoms with Crippen LogP contribution in [0.2, 0.25) is 0 Å². The highest BCUT2D eigenvalue weighted by molar-refractivity contribution is 5.75. The number of benzene rings is 1. The summed E-state index contributed by atoms with van der Waals surface area (Å²) in [4.78, 5) is 0. The van der Waals surface area contributed by atoms with Gasteiger partial charge in [-0.25, -0.2) is 0 Å². The van der Waals surface area contributed by atoms with Crippen LogP contribution < -0.4 is 0 Å². The molecule has 0 unspecified atom stereocenters. The molecule has 1 aromatic carbocycles. The standard InChI is InChI=1S/C12H12O4/c13-10-4-2-1-3-8(10)9-7-12(15,16)6-5-11(9)14/h1-6,13-16H,7H2. The molecule has 0 spiro atoms. The fraction of sp³-hybridized carbons (Fsp3) is 0.167. The molecule has 0 fully saturated rings. The minimum absolute atomic E-state index is 0.00449. The SMILES string of the molecule is OC1=C(c2ccccc2O)CC(O)(O)C=C1. The van der Waals surface area contributed by atoms with Crippen molar-refractivity contribution in [3.05, 3.63) is 47.7 Å². The predicted octanol–water partition coefficient (Wildman–Crippen LogP) is 1.30. The number of phenols is 1. The average molecular weight is 220 g/mol. The van der Waals surface area contributed by atoms with Crippen molar-refractivity contribution in [3.8, 4) is 5.75 Å². The van der Waals surface area contributed by atoms with Gasteiger partial charge in [0.2, 0.25) is 0 Å². The number of allylic oxidation sites excluding steroid dienone is 1. The zero-order chi connectivity index (χ0) is 11.8. The van der Waals surface area contributed by atoms with Gasteiger partial charge in [0.25, 0.3) is 0 Å². The van der Waals surface area contributed by atoms with Crippen molar-refractivity contribution in [1.82, 2.24) is 0 Å². The van der Waals surface area contributed by atoms with Crippen LogP contribution in [0.4, 0.5) is 0 Å². The lowest BCUT2D eigenvalue weighted by Crippen LogP contribution is -2.27. The Morgan fingerprint density at radius 1 is 1.06 bits per heavy atom. The number of hydrogen-bond donors (Lipinski definition) is 4. The van der Waals surface area contributed by atoms with Gasteiger partial charge in [0.05, 0.1) is 0 Å². The highest BCUT2D eigenvalue weighted by Gasteiger charge is 2.28. The smallest absolute Gasteiger partial charge is 0.187 e. The van der Waals surface area contributed by atoms with E-state index < -0.39 is 5.79 Å². The summed E-state index contributed by atoms with van der Waals surface area (Å²) in [5.41, 5.74) is 0.711. The highest BCUT2D eigenvalue weighted by atomic mass is 16.5. The van der Waals surface area contributed by atoms with Gasteiger partial charge in [0.1, 0.15) is 11.5 Å². The van der Waals surface area contributed by atoms with Crippen molar-refractivity contribution in [1.29, 1.82) is 0 Å². The van der Waals surface area contributed by atoms with E-state index in [1.807, 2.05) is 0 Å². The Balaban J connectivity index is 2.49. The van der Waals surface area contributed by atoms with E-state index in [1.54, 1.807) is 18.2 Å². The lowest BCUT2D eigenvalue weighted by atomic mass is 9.92. The summed E-state index contributed by atoms with van der Waals surface area (Å²) in [5, 5.41) is 38.2. The zero-order valence-corrected chi connectivity index (χ0v) is 8.46. The van der Waals surface area contributed by atoms with E-state index in [-0.39, 0.29) is 17.9 Å². The topological polar surface area (TPSA) is 80.9 Å². The molecule has 0 radical (unpaired) electrons. The van der Waals surface area contributed by atoms with Crippen molar-refractivity contribution in [2.24, 2.45) is 0 Å². The van der Waals surface area contributed by atoms with Crippen molar-refractivity contribution in [3.63, 3.8) is 0 Å². The minimum atomic E-state index is -1.98. The Hall–Kier alpha value is -1.78. The number of phenolic OH excluding ortho intramolecular Hbond substituents is 1. The molecule has 1 aliphatic rings. The molecule has 0 bridgehead atoms.